The van der Waals surface area contributed by atoms with Crippen LogP contribution in [0.3, 0.4) is 0 Å². The molecule has 0 unspecified atom stereocenters. The van der Waals surface area contributed by atoms with Crippen LogP contribution in [0.1, 0.15) is 18.4 Å². The van der Waals surface area contributed by atoms with Crippen LogP contribution in [0.2, 0.25) is 5.02 Å². The molecule has 3 aromatic carbocycles. The summed E-state index contributed by atoms with van der Waals surface area (Å²) in [6.07, 6.45) is 1.76. The fraction of sp³-hybridized carbons (Fsp3) is 0.231. The van der Waals surface area contributed by atoms with Gasteiger partial charge in [-0.15, -0.1) is 0 Å². The smallest absolute Gasteiger partial charge is 0.309 e. The summed E-state index contributed by atoms with van der Waals surface area (Å²) >= 11 is 5.86. The summed E-state index contributed by atoms with van der Waals surface area (Å²) in [4.78, 5) is 16.9. The summed E-state index contributed by atoms with van der Waals surface area (Å²) in [5, 5.41) is 11.9. The van der Waals surface area contributed by atoms with Crippen LogP contribution in [-0.4, -0.2) is 38.1 Å². The van der Waals surface area contributed by atoms with E-state index >= 15 is 0 Å². The summed E-state index contributed by atoms with van der Waals surface area (Å²) in [5.74, 6) is -0.536. The molecule has 2 amide bonds. The lowest BCUT2D eigenvalue weighted by molar-refractivity contribution is 0.256. The number of hydrogen-bond acceptors (Lipinski definition) is 3. The molecule has 0 heterocycles. The number of hydrogen-bond donors (Lipinski definition) is 1. The number of nitrogens with one attached hydrogen (secondary N) is 1. The van der Waals surface area contributed by atoms with Crippen molar-refractivity contribution in [3.8, 4) is 17.2 Å². The van der Waals surface area contributed by atoms with Crippen molar-refractivity contribution in [3.05, 3.63) is 83.1 Å². The van der Waals surface area contributed by atoms with E-state index in [1.54, 1.807) is 11.0 Å². The monoisotopic (exact) mass is 464 g/mol. The van der Waals surface area contributed by atoms with Crippen LogP contribution in [0.25, 0.3) is 11.1 Å². The van der Waals surface area contributed by atoms with Gasteiger partial charge in [0.2, 0.25) is 0 Å². The van der Waals surface area contributed by atoms with Gasteiger partial charge in [0, 0.05) is 17.9 Å². The molecule has 0 aliphatic rings. The van der Waals surface area contributed by atoms with E-state index in [4.69, 9.17) is 16.9 Å². The van der Waals surface area contributed by atoms with Gasteiger partial charge < -0.3 is 10.2 Å². The lowest BCUT2D eigenvalue weighted by Gasteiger charge is -2.24. The summed E-state index contributed by atoms with van der Waals surface area (Å²) in [6, 6.07) is 21.0. The molecule has 0 saturated heterocycles. The minimum Gasteiger partial charge on any atom is -0.309 e. The van der Waals surface area contributed by atoms with Crippen LogP contribution < -0.4 is 10.2 Å². The maximum atomic E-state index is 13.5. The Hall–Kier alpha value is -3.40. The maximum Gasteiger partial charge on any atom is 0.326 e. The van der Waals surface area contributed by atoms with Crippen molar-refractivity contribution >= 4 is 29.0 Å². The zero-order valence-corrected chi connectivity index (χ0v) is 19.4. The van der Waals surface area contributed by atoms with Crippen molar-refractivity contribution in [1.29, 1.82) is 5.26 Å². The maximum absolute atomic E-state index is 13.5. The Balaban J connectivity index is 1.80. The average molecular weight is 465 g/mol. The van der Waals surface area contributed by atoms with Gasteiger partial charge in [0.15, 0.2) is 0 Å². The molecule has 170 valence electrons. The molecule has 7 heteroatoms. The second-order valence-electron chi connectivity index (χ2n) is 7.96. The highest BCUT2D eigenvalue weighted by Crippen LogP contribution is 2.26. The number of carbonyl (C=O) groups is 1. The van der Waals surface area contributed by atoms with E-state index < -0.39 is 5.82 Å². The number of nitrogens with zero attached hydrogens (tertiary/aromatic N) is 3. The number of rotatable bonds is 8. The Morgan fingerprint density at radius 2 is 1.73 bits per heavy atom. The Bertz CT molecular complexity index is 1140. The van der Waals surface area contributed by atoms with E-state index in [2.05, 4.69) is 16.3 Å². The predicted octanol–water partition coefficient (Wildman–Crippen LogP) is 6.40. The number of nitriles is 1. The predicted molar refractivity (Wildman–Crippen MR) is 132 cm³/mol. The van der Waals surface area contributed by atoms with Crippen LogP contribution in [0.5, 0.6) is 0 Å². The number of unbranched alkanes of at least 4 members (excludes halogenated alkanes) is 1. The molecule has 0 spiro atoms. The number of carbonyl (C=O) groups excluding carboxylic acids is 1. The first kappa shape index (κ1) is 24.2. The van der Waals surface area contributed by atoms with E-state index in [0.29, 0.717) is 17.8 Å². The number of halogens is 2. The van der Waals surface area contributed by atoms with E-state index in [-0.39, 0.29) is 11.1 Å². The first-order valence-electron chi connectivity index (χ1n) is 10.7. The van der Waals surface area contributed by atoms with Crippen molar-refractivity contribution in [2.24, 2.45) is 0 Å². The van der Waals surface area contributed by atoms with E-state index in [0.717, 1.165) is 36.2 Å². The molecule has 0 radical (unpaired) electrons. The Morgan fingerprint density at radius 1 is 1.00 bits per heavy atom. The number of amides is 2. The number of benzene rings is 3. The SMILES string of the molecule is CN(C)CCCCN(C(=O)Nc1ccc(F)c(Cl)c1)c1ccc(-c2cccc(C#N)c2)cc1. The number of anilines is 2. The van der Waals surface area contributed by atoms with Gasteiger partial charge in [-0.2, -0.15) is 5.26 Å². The highest BCUT2D eigenvalue weighted by Gasteiger charge is 2.17. The third kappa shape index (κ3) is 6.79. The lowest BCUT2D eigenvalue weighted by Crippen LogP contribution is -2.36. The molecular formula is C26H26ClFN4O. The topological polar surface area (TPSA) is 59.4 Å². The van der Waals surface area contributed by atoms with Crippen LogP contribution in [0.15, 0.2) is 66.7 Å². The van der Waals surface area contributed by atoms with Crippen molar-refractivity contribution in [2.75, 3.05) is 37.4 Å². The Labute approximate surface area is 199 Å². The van der Waals surface area contributed by atoms with E-state index in [1.165, 1.54) is 18.2 Å². The van der Waals surface area contributed by atoms with Crippen molar-refractivity contribution in [1.82, 2.24) is 4.90 Å². The molecule has 0 bridgehead atoms. The summed E-state index contributed by atoms with van der Waals surface area (Å²) in [6.45, 7) is 1.45. The minimum absolute atomic E-state index is 0.0470. The quantitative estimate of drug-likeness (QED) is 0.392. The fourth-order valence-corrected chi connectivity index (χ4v) is 3.59. The van der Waals surface area contributed by atoms with Gasteiger partial charge in [-0.05, 0) is 87.1 Å². The first-order valence-corrected chi connectivity index (χ1v) is 11.0. The highest BCUT2D eigenvalue weighted by molar-refractivity contribution is 6.31. The second kappa shape index (κ2) is 11.5. The van der Waals surface area contributed by atoms with Crippen LogP contribution in [-0.2, 0) is 0 Å². The molecule has 0 aliphatic heterocycles. The molecule has 33 heavy (non-hydrogen) atoms. The van der Waals surface area contributed by atoms with Gasteiger partial charge in [-0.25, -0.2) is 9.18 Å². The second-order valence-corrected chi connectivity index (χ2v) is 8.37. The minimum atomic E-state index is -0.536. The van der Waals surface area contributed by atoms with Gasteiger partial charge in [0.25, 0.3) is 0 Å². The Kier molecular flexibility index (Phi) is 8.42. The van der Waals surface area contributed by atoms with Crippen LogP contribution in [0, 0.1) is 17.1 Å². The first-order chi connectivity index (χ1) is 15.9. The molecule has 0 saturated carbocycles. The molecule has 3 aromatic rings. The van der Waals surface area contributed by atoms with E-state index in [9.17, 15) is 9.18 Å². The Morgan fingerprint density at radius 3 is 2.39 bits per heavy atom. The normalized spacial score (nSPS) is 10.7. The summed E-state index contributed by atoms with van der Waals surface area (Å²) in [7, 11) is 4.03. The number of urea groups is 1. The van der Waals surface area contributed by atoms with Gasteiger partial charge in [-0.1, -0.05) is 35.9 Å². The van der Waals surface area contributed by atoms with Crippen LogP contribution in [0.4, 0.5) is 20.6 Å². The van der Waals surface area contributed by atoms with Crippen LogP contribution >= 0.6 is 11.6 Å². The van der Waals surface area contributed by atoms with Crippen molar-refractivity contribution in [3.63, 3.8) is 0 Å². The third-order valence-electron chi connectivity index (χ3n) is 5.16. The molecule has 0 atom stereocenters. The molecule has 0 fully saturated rings. The zero-order chi connectivity index (χ0) is 23.8. The summed E-state index contributed by atoms with van der Waals surface area (Å²) < 4.78 is 13.5. The van der Waals surface area contributed by atoms with E-state index in [1.807, 2.05) is 56.6 Å². The van der Waals surface area contributed by atoms with Crippen molar-refractivity contribution in [2.45, 2.75) is 12.8 Å². The van der Waals surface area contributed by atoms with Gasteiger partial charge in [0.05, 0.1) is 16.7 Å². The molecular weight excluding hydrogens is 439 g/mol. The van der Waals surface area contributed by atoms with Gasteiger partial charge >= 0.3 is 6.03 Å². The fourth-order valence-electron chi connectivity index (χ4n) is 3.41. The van der Waals surface area contributed by atoms with Crippen molar-refractivity contribution < 1.29 is 9.18 Å². The molecule has 5 nitrogen and oxygen atoms in total. The third-order valence-corrected chi connectivity index (χ3v) is 5.45. The van der Waals surface area contributed by atoms with Gasteiger partial charge in [-0.3, -0.25) is 4.90 Å². The average Bonchev–Trinajstić information content (AvgIpc) is 2.81. The zero-order valence-electron chi connectivity index (χ0n) is 18.7. The largest absolute Gasteiger partial charge is 0.326 e. The lowest BCUT2D eigenvalue weighted by atomic mass is 10.0. The molecule has 0 aromatic heterocycles. The molecule has 1 N–H and O–H groups in total. The summed E-state index contributed by atoms with van der Waals surface area (Å²) in [5.41, 5.74) is 3.65. The van der Waals surface area contributed by atoms with Gasteiger partial charge in [0.1, 0.15) is 5.82 Å². The standard InChI is InChI=1S/C26H26ClFN4O/c1-31(2)14-3-4-15-32(26(33)30-22-10-13-25(28)24(27)17-22)23-11-8-20(9-12-23)21-7-5-6-19(16-21)18-29/h5-13,16-17H,3-4,14-15H2,1-2H3,(H,30,33). The molecule has 3 rings (SSSR count). The molecule has 0 aliphatic carbocycles. The highest BCUT2D eigenvalue weighted by atomic mass is 35.5.